The maximum atomic E-state index is 13.3. The average Bonchev–Trinajstić information content (AvgIpc) is 3.40. The lowest BCUT2D eigenvalue weighted by Gasteiger charge is -2.29. The Balaban J connectivity index is 0.00000166. The third-order valence-electron chi connectivity index (χ3n) is 6.87. The molecule has 1 aromatic carbocycles. The molecule has 1 aromatic heterocycles. The number of hydrogen-bond acceptors (Lipinski definition) is 8. The highest BCUT2D eigenvalue weighted by Crippen LogP contribution is 2.32. The maximum Gasteiger partial charge on any atom is 0.408 e. The van der Waals surface area contributed by atoms with E-state index in [0.29, 0.717) is 0 Å². The molecule has 2 aromatic rings. The van der Waals surface area contributed by atoms with Gasteiger partial charge < -0.3 is 39.7 Å². The zero-order valence-electron chi connectivity index (χ0n) is 28.1. The minimum Gasteiger partial charge on any atom is -0.444 e. The van der Waals surface area contributed by atoms with Crippen molar-refractivity contribution >= 4 is 30.0 Å². The number of rotatable bonds is 12. The van der Waals surface area contributed by atoms with E-state index in [1.54, 1.807) is 31.5 Å². The largest absolute Gasteiger partial charge is 0.444 e. The van der Waals surface area contributed by atoms with E-state index in [1.165, 1.54) is 26.6 Å². The number of nitrogens with zero attached hydrogens (tertiary/aromatic N) is 3. The molecule has 0 bridgehead atoms. The van der Waals surface area contributed by atoms with Crippen molar-refractivity contribution in [1.82, 2.24) is 25.1 Å². The Bertz CT molecular complexity index is 1220. The van der Waals surface area contributed by atoms with Gasteiger partial charge in [0, 0.05) is 6.20 Å². The fraction of sp³-hybridized carbons (Fsp3) is 0.606. The molecule has 2 atom stereocenters. The number of benzene rings is 1. The summed E-state index contributed by atoms with van der Waals surface area (Å²) in [6, 6.07) is 7.99. The molecule has 1 fully saturated rings. The molecule has 12 heteroatoms. The molecule has 2 unspecified atom stereocenters. The first-order valence-electron chi connectivity index (χ1n) is 15.5. The Hall–Kier alpha value is -3.77. The number of hydrogen-bond donors (Lipinski definition) is 3. The van der Waals surface area contributed by atoms with E-state index in [9.17, 15) is 19.2 Å². The predicted molar refractivity (Wildman–Crippen MR) is 174 cm³/mol. The number of amides is 3. The van der Waals surface area contributed by atoms with Gasteiger partial charge in [-0.15, -0.1) is 0 Å². The smallest absolute Gasteiger partial charge is 0.408 e. The number of carbonyl (C=O) groups excluding carboxylic acids is 4. The topological polar surface area (TPSA) is 144 Å². The van der Waals surface area contributed by atoms with E-state index in [1.807, 2.05) is 56.4 Å². The summed E-state index contributed by atoms with van der Waals surface area (Å²) in [5.41, 5.74) is -1.22. The molecule has 0 spiro atoms. The van der Waals surface area contributed by atoms with Crippen molar-refractivity contribution in [2.45, 2.75) is 96.6 Å². The number of imidazole rings is 1. The van der Waals surface area contributed by atoms with Crippen molar-refractivity contribution in [2.75, 3.05) is 33.1 Å². The van der Waals surface area contributed by atoms with Crippen molar-refractivity contribution in [3.63, 3.8) is 0 Å². The van der Waals surface area contributed by atoms with Gasteiger partial charge in [-0.3, -0.25) is 9.59 Å². The molecule has 12 nitrogen and oxygen atoms in total. The normalized spacial score (nSPS) is 15.2. The van der Waals surface area contributed by atoms with Crippen molar-refractivity contribution < 1.29 is 28.7 Å². The van der Waals surface area contributed by atoms with Crippen LogP contribution in [0, 0.1) is 5.92 Å². The van der Waals surface area contributed by atoms with Crippen LogP contribution in [0.25, 0.3) is 0 Å². The second-order valence-electron chi connectivity index (χ2n) is 13.3. The lowest BCUT2D eigenvalue weighted by molar-refractivity contribution is -0.131. The standard InChI is InChI=1S/C30H43N5O6.C3H9N/c1-29(2,3)41-28(39)34-30(4,5)27(38)32-23(19-40-18-21-12-8-6-9-13-21)26(37)33-25-16-35(20-31-25)24(17-36)22-14-10-7-11-15-22;1-4(2)3/h6,8-9,12-13,16-17,20,22-24H,7,10-11,14-15,18-19H2,1-5H3,(H,32,38)(H,33,37)(H,34,39);1-3H3. The van der Waals surface area contributed by atoms with Crippen LogP contribution in [0.2, 0.25) is 0 Å². The number of aldehydes is 1. The molecule has 1 aliphatic carbocycles. The fourth-order valence-corrected chi connectivity index (χ4v) is 4.68. The van der Waals surface area contributed by atoms with Crippen LogP contribution in [0.15, 0.2) is 42.9 Å². The molecule has 1 saturated carbocycles. The summed E-state index contributed by atoms with van der Waals surface area (Å²) >= 11 is 0. The van der Waals surface area contributed by atoms with Crippen LogP contribution in [0.1, 0.15) is 78.3 Å². The highest BCUT2D eigenvalue weighted by Gasteiger charge is 2.35. The van der Waals surface area contributed by atoms with E-state index < -0.39 is 35.1 Å². The first-order chi connectivity index (χ1) is 21.1. The van der Waals surface area contributed by atoms with Crippen molar-refractivity contribution in [2.24, 2.45) is 5.92 Å². The quantitative estimate of drug-likeness (QED) is 0.295. The monoisotopic (exact) mass is 628 g/mol. The van der Waals surface area contributed by atoms with E-state index >= 15 is 0 Å². The summed E-state index contributed by atoms with van der Waals surface area (Å²) in [6.07, 6.45) is 8.66. The van der Waals surface area contributed by atoms with Crippen molar-refractivity contribution in [3.05, 3.63) is 48.4 Å². The minimum atomic E-state index is -1.39. The third kappa shape index (κ3) is 13.8. The summed E-state index contributed by atoms with van der Waals surface area (Å²) in [5.74, 6) is -0.663. The van der Waals surface area contributed by atoms with Gasteiger partial charge in [-0.1, -0.05) is 49.6 Å². The Morgan fingerprint density at radius 1 is 1.04 bits per heavy atom. The van der Waals surface area contributed by atoms with Crippen molar-refractivity contribution in [1.29, 1.82) is 0 Å². The van der Waals surface area contributed by atoms with Crippen LogP contribution >= 0.6 is 0 Å². The maximum absolute atomic E-state index is 13.3. The summed E-state index contributed by atoms with van der Waals surface area (Å²) in [4.78, 5) is 57.0. The molecular weight excluding hydrogens is 576 g/mol. The molecule has 0 aliphatic heterocycles. The number of anilines is 1. The molecule has 45 heavy (non-hydrogen) atoms. The van der Waals surface area contributed by atoms with E-state index in [-0.39, 0.29) is 31.0 Å². The van der Waals surface area contributed by atoms with Gasteiger partial charge in [0.2, 0.25) is 5.91 Å². The zero-order chi connectivity index (χ0) is 33.6. The van der Waals surface area contributed by atoms with E-state index in [4.69, 9.17) is 9.47 Å². The van der Waals surface area contributed by atoms with Gasteiger partial charge in [-0.2, -0.15) is 0 Å². The van der Waals surface area contributed by atoms with Gasteiger partial charge in [-0.05, 0) is 80.1 Å². The van der Waals surface area contributed by atoms with Crippen LogP contribution in [0.3, 0.4) is 0 Å². The fourth-order valence-electron chi connectivity index (χ4n) is 4.68. The van der Waals surface area contributed by atoms with Crippen LogP contribution in [0.5, 0.6) is 0 Å². The van der Waals surface area contributed by atoms with Crippen LogP contribution < -0.4 is 16.0 Å². The molecule has 3 N–H and O–H groups in total. The predicted octanol–water partition coefficient (Wildman–Crippen LogP) is 4.32. The lowest BCUT2D eigenvalue weighted by atomic mass is 9.84. The Kier molecular flexibility index (Phi) is 14.7. The third-order valence-corrected chi connectivity index (χ3v) is 6.87. The van der Waals surface area contributed by atoms with Gasteiger partial charge in [0.15, 0.2) is 5.82 Å². The highest BCUT2D eigenvalue weighted by molar-refractivity contribution is 5.98. The molecule has 3 rings (SSSR count). The summed E-state index contributed by atoms with van der Waals surface area (Å²) < 4.78 is 12.8. The minimum absolute atomic E-state index is 0.130. The second-order valence-corrected chi connectivity index (χ2v) is 13.3. The number of nitrogens with one attached hydrogen (secondary N) is 3. The molecule has 0 saturated heterocycles. The number of aromatic nitrogens is 2. The number of ether oxygens (including phenoxy) is 2. The number of carbonyl (C=O) groups is 4. The van der Waals surface area contributed by atoms with Crippen LogP contribution in [-0.2, 0) is 30.5 Å². The molecular formula is C33H52N6O6. The molecule has 250 valence electrons. The van der Waals surface area contributed by atoms with E-state index in [0.717, 1.165) is 37.5 Å². The van der Waals surface area contributed by atoms with Crippen molar-refractivity contribution in [3.8, 4) is 0 Å². The summed E-state index contributed by atoms with van der Waals surface area (Å²) in [7, 11) is 6.00. The Labute approximate surface area is 267 Å². The Morgan fingerprint density at radius 2 is 1.67 bits per heavy atom. The van der Waals surface area contributed by atoms with Gasteiger partial charge in [0.25, 0.3) is 5.91 Å². The highest BCUT2D eigenvalue weighted by atomic mass is 16.6. The zero-order valence-corrected chi connectivity index (χ0v) is 28.1. The first kappa shape index (κ1) is 37.4. The van der Waals surface area contributed by atoms with Gasteiger partial charge in [0.1, 0.15) is 23.5 Å². The molecule has 3 amide bonds. The molecule has 0 radical (unpaired) electrons. The molecule has 1 heterocycles. The lowest BCUT2D eigenvalue weighted by Crippen LogP contribution is -2.59. The van der Waals surface area contributed by atoms with Gasteiger partial charge >= 0.3 is 6.09 Å². The first-order valence-corrected chi connectivity index (χ1v) is 15.5. The molecule has 1 aliphatic rings. The SMILES string of the molecule is CC(C)(C)OC(=O)NC(C)(C)C(=O)NC(COCc1ccccc1)C(=O)Nc1cn(C(C=O)C2CCCCC2)cn1.CN(C)C. The van der Waals surface area contributed by atoms with Crippen LogP contribution in [-0.4, -0.2) is 83.6 Å². The number of alkyl carbamates (subject to hydrolysis) is 1. The van der Waals surface area contributed by atoms with Gasteiger partial charge in [-0.25, -0.2) is 9.78 Å². The summed E-state index contributed by atoms with van der Waals surface area (Å²) in [5, 5.41) is 7.96. The van der Waals surface area contributed by atoms with E-state index in [2.05, 4.69) is 20.9 Å². The Morgan fingerprint density at radius 3 is 2.24 bits per heavy atom. The average molecular weight is 629 g/mol. The second kappa shape index (κ2) is 17.6. The summed E-state index contributed by atoms with van der Waals surface area (Å²) in [6.45, 7) is 8.29. The van der Waals surface area contributed by atoms with Gasteiger partial charge in [0.05, 0.1) is 25.6 Å². The van der Waals surface area contributed by atoms with Crippen LogP contribution in [0.4, 0.5) is 10.6 Å².